The Hall–Kier alpha value is -9.77. The summed E-state index contributed by atoms with van der Waals surface area (Å²) < 4.78 is 5.30. The van der Waals surface area contributed by atoms with Crippen LogP contribution >= 0.6 is 22.7 Å². The van der Waals surface area contributed by atoms with Crippen LogP contribution in [0.5, 0.6) is 0 Å². The van der Waals surface area contributed by atoms with Crippen LogP contribution in [0.3, 0.4) is 0 Å². The molecule has 12 aromatic carbocycles. The van der Waals surface area contributed by atoms with Gasteiger partial charge in [-0.15, -0.1) is 22.7 Å². The number of benzene rings is 12. The molecule has 0 N–H and O–H groups in total. The van der Waals surface area contributed by atoms with E-state index in [1.54, 1.807) is 0 Å². The van der Waals surface area contributed by atoms with E-state index in [2.05, 4.69) is 273 Å². The van der Waals surface area contributed by atoms with Crippen molar-refractivity contribution in [1.29, 1.82) is 0 Å². The highest BCUT2D eigenvalue weighted by Crippen LogP contribution is 2.65. The molecule has 2 spiro atoms. The molecule has 0 saturated heterocycles. The lowest BCUT2D eigenvalue weighted by atomic mass is 9.70. The molecule has 0 saturated carbocycles. The molecule has 378 valence electrons. The van der Waals surface area contributed by atoms with Gasteiger partial charge in [0.25, 0.3) is 0 Å². The van der Waals surface area contributed by atoms with Crippen LogP contribution < -0.4 is 0 Å². The van der Waals surface area contributed by atoms with Crippen molar-refractivity contribution < 1.29 is 0 Å². The van der Waals surface area contributed by atoms with Crippen LogP contribution in [0.4, 0.5) is 0 Å². The minimum absolute atomic E-state index is 0.457. The largest absolute Gasteiger partial charge is 0.263 e. The molecular formula is C79H45NS2. The third-order valence-electron chi connectivity index (χ3n) is 19.0. The van der Waals surface area contributed by atoms with Crippen molar-refractivity contribution >= 4 is 63.0 Å². The number of thiophene rings is 2. The number of hydrogen-bond acceptors (Lipinski definition) is 3. The minimum Gasteiger partial charge on any atom is -0.263 e. The zero-order chi connectivity index (χ0) is 53.4. The standard InChI is InChI=1S/C79H45NS2/c1-7-25-66-54(15-1)55-16-2-8-26-67(55)78(66)70-35-31-46(40-62(70)64-42-48(33-37-72(64)78)52-21-13-23-60-58-19-5-11-29-74(58)81-76(52)60)50-39-51(45-80-44-50)47-32-36-71-63(41-47)65-43-49(53-22-14-24-61-59-20-6-12-30-75(59)82-77(53)61)34-38-73(65)79(71)68-27-9-3-17-56(68)57-18-4-10-28-69(57)79/h1-45H. The predicted molar refractivity (Wildman–Crippen MR) is 344 cm³/mol. The van der Waals surface area contributed by atoms with Crippen molar-refractivity contribution in [3.63, 3.8) is 0 Å². The Kier molecular flexibility index (Phi) is 9.02. The number of aromatic nitrogens is 1. The first-order valence-electron chi connectivity index (χ1n) is 28.4. The van der Waals surface area contributed by atoms with Gasteiger partial charge in [0.1, 0.15) is 0 Å². The molecule has 0 bridgehead atoms. The van der Waals surface area contributed by atoms with Gasteiger partial charge in [-0.3, -0.25) is 4.98 Å². The molecule has 1 nitrogen and oxygen atoms in total. The molecule has 0 amide bonds. The Morgan fingerprint density at radius 1 is 0.220 bits per heavy atom. The predicted octanol–water partition coefficient (Wildman–Crippen LogP) is 21.2. The summed E-state index contributed by atoms with van der Waals surface area (Å²) in [4.78, 5) is 5.08. The zero-order valence-corrected chi connectivity index (χ0v) is 45.9. The summed E-state index contributed by atoms with van der Waals surface area (Å²) in [6.07, 6.45) is 4.11. The van der Waals surface area contributed by atoms with Crippen LogP contribution in [-0.4, -0.2) is 4.98 Å². The van der Waals surface area contributed by atoms with Gasteiger partial charge in [0.2, 0.25) is 0 Å². The fourth-order valence-corrected chi connectivity index (χ4v) is 18.2. The highest BCUT2D eigenvalue weighted by Gasteiger charge is 2.53. The first-order valence-corrected chi connectivity index (χ1v) is 30.0. The van der Waals surface area contributed by atoms with E-state index >= 15 is 0 Å². The summed E-state index contributed by atoms with van der Waals surface area (Å²) in [5, 5.41) is 5.27. The van der Waals surface area contributed by atoms with Crippen molar-refractivity contribution in [2.45, 2.75) is 10.8 Å². The normalized spacial score (nSPS) is 14.0. The maximum atomic E-state index is 5.08. The third kappa shape index (κ3) is 5.74. The summed E-state index contributed by atoms with van der Waals surface area (Å²) >= 11 is 3.80. The second-order valence-electron chi connectivity index (χ2n) is 22.7. The molecule has 4 aliphatic rings. The second kappa shape index (κ2) is 16.4. The van der Waals surface area contributed by atoms with Gasteiger partial charge in [0.05, 0.1) is 10.8 Å². The molecule has 3 aromatic heterocycles. The van der Waals surface area contributed by atoms with E-state index in [-0.39, 0.29) is 0 Å². The Morgan fingerprint density at radius 2 is 0.524 bits per heavy atom. The van der Waals surface area contributed by atoms with Gasteiger partial charge in [0.15, 0.2) is 0 Å². The molecule has 0 unspecified atom stereocenters. The molecule has 0 fully saturated rings. The minimum atomic E-state index is -0.457. The Labute approximate surface area is 482 Å². The van der Waals surface area contributed by atoms with Crippen molar-refractivity contribution in [2.24, 2.45) is 0 Å². The highest BCUT2D eigenvalue weighted by atomic mass is 32.1. The topological polar surface area (TPSA) is 12.9 Å². The Balaban J connectivity index is 0.787. The van der Waals surface area contributed by atoms with Gasteiger partial charge >= 0.3 is 0 Å². The average molecular weight is 1070 g/mol. The molecule has 4 aliphatic carbocycles. The van der Waals surface area contributed by atoms with E-state index in [1.165, 1.54) is 152 Å². The maximum Gasteiger partial charge on any atom is 0.0725 e. The fourth-order valence-electron chi connectivity index (χ4n) is 15.7. The quantitative estimate of drug-likeness (QED) is 0.171. The van der Waals surface area contributed by atoms with Gasteiger partial charge in [0, 0.05) is 63.9 Å². The monoisotopic (exact) mass is 1070 g/mol. The lowest BCUT2D eigenvalue weighted by Gasteiger charge is -2.30. The summed E-state index contributed by atoms with van der Waals surface area (Å²) in [6, 6.07) is 99.3. The second-order valence-corrected chi connectivity index (χ2v) is 24.9. The molecule has 0 aliphatic heterocycles. The van der Waals surface area contributed by atoms with Gasteiger partial charge in [-0.05, 0) is 165 Å². The van der Waals surface area contributed by atoms with Crippen LogP contribution in [0.15, 0.2) is 273 Å². The molecule has 0 atom stereocenters. The van der Waals surface area contributed by atoms with Gasteiger partial charge in [-0.25, -0.2) is 0 Å². The highest BCUT2D eigenvalue weighted by molar-refractivity contribution is 7.26. The smallest absolute Gasteiger partial charge is 0.0725 e. The number of nitrogens with zero attached hydrogens (tertiary/aromatic N) is 1. The van der Waals surface area contributed by atoms with Crippen molar-refractivity contribution in [2.75, 3.05) is 0 Å². The number of rotatable bonds is 4. The maximum absolute atomic E-state index is 5.08. The SMILES string of the molecule is c1ccc2c(c1)-c1ccccc1C21c2ccc(-c3cncc(-c4ccc5c(c4)-c4cc(-c6cccc7c6sc6ccccc67)ccc4C54c5ccccc5-c5ccccc54)c3)cc2-c2cc(-c3cccc4c3sc3ccccc34)ccc21. The molecule has 15 aromatic rings. The van der Waals surface area contributed by atoms with E-state index in [4.69, 9.17) is 4.98 Å². The number of fused-ring (bicyclic) bond motifs is 26. The van der Waals surface area contributed by atoms with Gasteiger partial charge in [-0.1, -0.05) is 218 Å². The van der Waals surface area contributed by atoms with Crippen molar-refractivity contribution in [1.82, 2.24) is 4.98 Å². The lowest BCUT2D eigenvalue weighted by Crippen LogP contribution is -2.25. The average Bonchev–Trinajstić information content (AvgIpc) is 2.17. The van der Waals surface area contributed by atoms with Crippen LogP contribution in [0.1, 0.15) is 44.5 Å². The van der Waals surface area contributed by atoms with Crippen molar-refractivity contribution in [3.05, 3.63) is 318 Å². The van der Waals surface area contributed by atoms with Gasteiger partial charge < -0.3 is 0 Å². The first-order chi connectivity index (χ1) is 40.6. The molecule has 3 heteroatoms. The lowest BCUT2D eigenvalue weighted by molar-refractivity contribution is 0.794. The summed E-state index contributed by atoms with van der Waals surface area (Å²) in [7, 11) is 0. The van der Waals surface area contributed by atoms with E-state index in [1.807, 2.05) is 22.7 Å². The van der Waals surface area contributed by atoms with E-state index < -0.39 is 10.8 Å². The van der Waals surface area contributed by atoms with Crippen LogP contribution in [0, 0.1) is 0 Å². The van der Waals surface area contributed by atoms with E-state index in [0.29, 0.717) is 0 Å². The molecular weight excluding hydrogens is 1030 g/mol. The summed E-state index contributed by atoms with van der Waals surface area (Å²) in [6.45, 7) is 0. The first kappa shape index (κ1) is 45.0. The molecule has 3 heterocycles. The number of pyridine rings is 1. The van der Waals surface area contributed by atoms with E-state index in [9.17, 15) is 0 Å². The zero-order valence-electron chi connectivity index (χ0n) is 44.2. The summed E-state index contributed by atoms with van der Waals surface area (Å²) in [5.74, 6) is 0. The molecule has 0 radical (unpaired) electrons. The van der Waals surface area contributed by atoms with Crippen LogP contribution in [0.25, 0.3) is 129 Å². The Morgan fingerprint density at radius 3 is 0.927 bits per heavy atom. The fraction of sp³-hybridized carbons (Fsp3) is 0.0253. The van der Waals surface area contributed by atoms with Crippen LogP contribution in [0.2, 0.25) is 0 Å². The molecule has 82 heavy (non-hydrogen) atoms. The summed E-state index contributed by atoms with van der Waals surface area (Å²) in [5.41, 5.74) is 29.7. The number of hydrogen-bond donors (Lipinski definition) is 0. The Bertz CT molecular complexity index is 4900. The van der Waals surface area contributed by atoms with Crippen molar-refractivity contribution in [3.8, 4) is 89.0 Å². The third-order valence-corrected chi connectivity index (χ3v) is 21.5. The van der Waals surface area contributed by atoms with Crippen LogP contribution in [-0.2, 0) is 10.8 Å². The van der Waals surface area contributed by atoms with Gasteiger partial charge in [-0.2, -0.15) is 0 Å². The molecule has 19 rings (SSSR count). The van der Waals surface area contributed by atoms with E-state index in [0.717, 1.165) is 22.3 Å².